The first-order valence-electron chi connectivity index (χ1n) is 9.20. The number of hydrogen-bond donors (Lipinski definition) is 4. The van der Waals surface area contributed by atoms with Gasteiger partial charge in [-0.3, -0.25) is 9.11 Å². The number of azo groups is 1. The summed E-state index contributed by atoms with van der Waals surface area (Å²) in [4.78, 5) is -0.789. The van der Waals surface area contributed by atoms with Gasteiger partial charge in [0.25, 0.3) is 20.2 Å². The summed E-state index contributed by atoms with van der Waals surface area (Å²) in [6.07, 6.45) is 0. The fourth-order valence-corrected chi connectivity index (χ4v) is 3.98. The highest BCUT2D eigenvalue weighted by atomic mass is 32.2. The zero-order valence-corrected chi connectivity index (χ0v) is 19.1. The Labute approximate surface area is 190 Å². The monoisotopic (exact) mass is 492 g/mol. The van der Waals surface area contributed by atoms with Gasteiger partial charge in [-0.25, -0.2) is 0 Å². The molecule has 0 amide bonds. The molecule has 0 spiro atoms. The van der Waals surface area contributed by atoms with Crippen LogP contribution in [-0.4, -0.2) is 33.1 Å². The summed E-state index contributed by atoms with van der Waals surface area (Å²) >= 11 is 0. The van der Waals surface area contributed by atoms with Gasteiger partial charge in [0.2, 0.25) is 0 Å². The smallest absolute Gasteiger partial charge is 0.296 e. The van der Waals surface area contributed by atoms with Crippen LogP contribution in [0.2, 0.25) is 0 Å². The molecule has 0 atom stereocenters. The molecule has 3 aromatic rings. The van der Waals surface area contributed by atoms with Crippen molar-refractivity contribution >= 4 is 48.7 Å². The molecule has 0 aliphatic carbocycles. The van der Waals surface area contributed by atoms with Gasteiger partial charge in [0.05, 0.1) is 23.4 Å². The number of nitrogens with zero attached hydrogens (tertiary/aromatic N) is 2. The van der Waals surface area contributed by atoms with E-state index < -0.39 is 25.1 Å². The first-order chi connectivity index (χ1) is 15.4. The molecule has 11 nitrogen and oxygen atoms in total. The van der Waals surface area contributed by atoms with Crippen molar-refractivity contribution in [2.45, 2.75) is 16.7 Å². The van der Waals surface area contributed by atoms with E-state index in [-0.39, 0.29) is 16.3 Å². The Morgan fingerprint density at radius 2 is 1.45 bits per heavy atom. The van der Waals surface area contributed by atoms with Crippen molar-refractivity contribution in [1.82, 2.24) is 0 Å². The van der Waals surface area contributed by atoms with E-state index >= 15 is 0 Å². The Morgan fingerprint density at radius 3 is 2.03 bits per heavy atom. The summed E-state index contributed by atoms with van der Waals surface area (Å²) < 4.78 is 70.0. The molecule has 0 saturated heterocycles. The van der Waals surface area contributed by atoms with Crippen LogP contribution < -0.4 is 15.8 Å². The van der Waals surface area contributed by atoms with E-state index in [1.165, 1.54) is 43.5 Å². The molecule has 3 aromatic carbocycles. The van der Waals surface area contributed by atoms with Gasteiger partial charge in [0.15, 0.2) is 0 Å². The summed E-state index contributed by atoms with van der Waals surface area (Å²) in [5.74, 6) is 0.379. The van der Waals surface area contributed by atoms with E-state index in [1.807, 2.05) is 0 Å². The van der Waals surface area contributed by atoms with Crippen LogP contribution in [-0.2, 0) is 20.2 Å². The van der Waals surface area contributed by atoms with Crippen molar-refractivity contribution < 1.29 is 30.7 Å². The van der Waals surface area contributed by atoms with Crippen molar-refractivity contribution in [3.8, 4) is 5.75 Å². The number of hydrogen-bond acceptors (Lipinski definition) is 9. The van der Waals surface area contributed by atoms with E-state index in [1.54, 1.807) is 19.1 Å². The second kappa shape index (κ2) is 9.15. The molecular weight excluding hydrogens is 472 g/mol. The van der Waals surface area contributed by atoms with E-state index in [0.717, 1.165) is 6.07 Å². The third kappa shape index (κ3) is 5.84. The molecule has 0 aliphatic rings. The lowest BCUT2D eigenvalue weighted by Gasteiger charge is -2.10. The minimum Gasteiger partial charge on any atom is -0.495 e. The molecule has 5 N–H and O–H groups in total. The minimum atomic E-state index is -4.66. The van der Waals surface area contributed by atoms with Gasteiger partial charge >= 0.3 is 0 Å². The number of benzene rings is 3. The second-order valence-corrected chi connectivity index (χ2v) is 9.67. The van der Waals surface area contributed by atoms with Crippen LogP contribution in [0.1, 0.15) is 5.56 Å². The Hall–Kier alpha value is -3.52. The Morgan fingerprint density at radius 1 is 0.848 bits per heavy atom. The lowest BCUT2D eigenvalue weighted by atomic mass is 10.1. The van der Waals surface area contributed by atoms with Gasteiger partial charge in [-0.1, -0.05) is 0 Å². The average Bonchev–Trinajstić information content (AvgIpc) is 2.73. The third-order valence-corrected chi connectivity index (χ3v) is 6.24. The summed E-state index contributed by atoms with van der Waals surface area (Å²) in [5.41, 5.74) is 7.88. The van der Waals surface area contributed by atoms with Crippen LogP contribution in [0.15, 0.2) is 74.6 Å². The first kappa shape index (κ1) is 24.1. The maximum absolute atomic E-state index is 11.9. The lowest BCUT2D eigenvalue weighted by Crippen LogP contribution is -2.01. The molecule has 0 unspecified atom stereocenters. The topological polar surface area (TPSA) is 181 Å². The van der Waals surface area contributed by atoms with Crippen molar-refractivity contribution in [3.63, 3.8) is 0 Å². The largest absolute Gasteiger partial charge is 0.495 e. The molecule has 0 fully saturated rings. The molecule has 33 heavy (non-hydrogen) atoms. The molecule has 0 aliphatic heterocycles. The highest BCUT2D eigenvalue weighted by Gasteiger charge is 2.17. The van der Waals surface area contributed by atoms with E-state index in [0.29, 0.717) is 28.4 Å². The fourth-order valence-electron chi connectivity index (χ4n) is 2.85. The number of aryl methyl sites for hydroxylation is 1. The standard InChI is InChI=1S/C20H20N4O7S2/c1-12-9-16(21)19(31-2)11-18(12)24-23-17-8-5-14(10-20(17)33(28,29)30)22-13-3-6-15(7-4-13)32(25,26)27/h3-11,22H,21H2,1-2H3,(H,25,26,27)(H,28,29,30). The highest BCUT2D eigenvalue weighted by Crippen LogP contribution is 2.34. The molecule has 13 heteroatoms. The maximum atomic E-state index is 11.9. The van der Waals surface area contributed by atoms with Gasteiger partial charge in [-0.05, 0) is 61.0 Å². The van der Waals surface area contributed by atoms with Crippen molar-refractivity contribution in [2.24, 2.45) is 10.2 Å². The van der Waals surface area contributed by atoms with Gasteiger partial charge < -0.3 is 15.8 Å². The number of rotatable bonds is 7. The van der Waals surface area contributed by atoms with Gasteiger partial charge in [0.1, 0.15) is 16.3 Å². The van der Waals surface area contributed by atoms with Crippen LogP contribution in [0.25, 0.3) is 0 Å². The number of nitrogen functional groups attached to an aromatic ring is 1. The number of ether oxygens (including phenoxy) is 1. The Balaban J connectivity index is 1.94. The number of methoxy groups -OCH3 is 1. The Kier molecular flexibility index (Phi) is 6.69. The molecule has 0 bridgehead atoms. The summed E-state index contributed by atoms with van der Waals surface area (Å²) in [7, 11) is -7.56. The SMILES string of the molecule is COc1cc(N=Nc2ccc(Nc3ccc(S(=O)(=O)O)cc3)cc2S(=O)(=O)O)c(C)cc1N. The average molecular weight is 493 g/mol. The summed E-state index contributed by atoms with van der Waals surface area (Å²) in [6, 6.07) is 12.3. The predicted molar refractivity (Wildman–Crippen MR) is 122 cm³/mol. The van der Waals surface area contributed by atoms with Crippen LogP contribution >= 0.6 is 0 Å². The van der Waals surface area contributed by atoms with E-state index in [9.17, 15) is 21.4 Å². The zero-order chi connectivity index (χ0) is 24.4. The number of nitrogens with one attached hydrogen (secondary N) is 1. The number of anilines is 3. The molecule has 174 valence electrons. The normalized spacial score (nSPS) is 12.1. The fraction of sp³-hybridized carbons (Fsp3) is 0.100. The van der Waals surface area contributed by atoms with Gasteiger partial charge in [0, 0.05) is 17.4 Å². The second-order valence-electron chi connectivity index (χ2n) is 6.86. The van der Waals surface area contributed by atoms with Crippen LogP contribution in [0.3, 0.4) is 0 Å². The highest BCUT2D eigenvalue weighted by molar-refractivity contribution is 7.86. The lowest BCUT2D eigenvalue weighted by molar-refractivity contribution is 0.417. The molecule has 3 rings (SSSR count). The van der Waals surface area contributed by atoms with E-state index in [4.69, 9.17) is 15.0 Å². The van der Waals surface area contributed by atoms with Crippen molar-refractivity contribution in [2.75, 3.05) is 18.2 Å². The van der Waals surface area contributed by atoms with E-state index in [2.05, 4.69) is 15.5 Å². The van der Waals surface area contributed by atoms with Crippen LogP contribution in [0.4, 0.5) is 28.4 Å². The van der Waals surface area contributed by atoms with Crippen molar-refractivity contribution in [3.05, 3.63) is 60.2 Å². The minimum absolute atomic E-state index is 0.111. The van der Waals surface area contributed by atoms with Gasteiger partial charge in [-0.2, -0.15) is 21.9 Å². The van der Waals surface area contributed by atoms with Crippen molar-refractivity contribution in [1.29, 1.82) is 0 Å². The molecular formula is C20H20N4O7S2. The number of nitrogens with two attached hydrogens (primary N) is 1. The quantitative estimate of drug-likeness (QED) is 0.213. The molecule has 0 heterocycles. The van der Waals surface area contributed by atoms with Gasteiger partial charge in [-0.15, -0.1) is 5.11 Å². The molecule has 0 radical (unpaired) electrons. The Bertz CT molecular complexity index is 1440. The summed E-state index contributed by atoms with van der Waals surface area (Å²) in [6.45, 7) is 1.74. The van der Waals surface area contributed by atoms with Crippen LogP contribution in [0, 0.1) is 6.92 Å². The summed E-state index contributed by atoms with van der Waals surface area (Å²) in [5, 5.41) is 10.9. The first-order valence-corrected chi connectivity index (χ1v) is 12.1. The molecule has 0 aromatic heterocycles. The maximum Gasteiger partial charge on any atom is 0.296 e. The van der Waals surface area contributed by atoms with Crippen LogP contribution in [0.5, 0.6) is 5.75 Å². The predicted octanol–water partition coefficient (Wildman–Crippen LogP) is 4.24. The zero-order valence-electron chi connectivity index (χ0n) is 17.4. The third-order valence-electron chi connectivity index (χ3n) is 4.49. The molecule has 0 saturated carbocycles.